The van der Waals surface area contributed by atoms with E-state index in [9.17, 15) is 9.59 Å². The molecular formula is C34H54O7. The summed E-state index contributed by atoms with van der Waals surface area (Å²) in [6.45, 7) is 21.8. The fourth-order valence-corrected chi connectivity index (χ4v) is 10.7. The third-order valence-corrected chi connectivity index (χ3v) is 13.0. The van der Waals surface area contributed by atoms with E-state index >= 15 is 0 Å². The fraction of sp³-hybridized carbons (Fsp3) is 0.941. The summed E-state index contributed by atoms with van der Waals surface area (Å²) in [7, 11) is 0. The molecule has 3 heterocycles. The number of rotatable bonds is 4. The Bertz CT molecular complexity index is 1070. The lowest BCUT2D eigenvalue weighted by Gasteiger charge is -2.55. The molecular weight excluding hydrogens is 520 g/mol. The molecule has 0 radical (unpaired) electrons. The summed E-state index contributed by atoms with van der Waals surface area (Å²) in [5.41, 5.74) is -0.374. The number of carbonyl (C=O) groups is 2. The zero-order valence-corrected chi connectivity index (χ0v) is 27.0. The number of esters is 2. The Morgan fingerprint density at radius 1 is 0.707 bits per heavy atom. The maximum absolute atomic E-state index is 13.9. The van der Waals surface area contributed by atoms with Gasteiger partial charge in [-0.05, 0) is 113 Å². The summed E-state index contributed by atoms with van der Waals surface area (Å²) in [4.78, 5) is 27.4. The molecule has 3 aliphatic heterocycles. The van der Waals surface area contributed by atoms with E-state index in [1.165, 1.54) is 0 Å². The van der Waals surface area contributed by atoms with Crippen LogP contribution in [0.1, 0.15) is 108 Å². The third-order valence-electron chi connectivity index (χ3n) is 13.0. The van der Waals surface area contributed by atoms with Crippen LogP contribution in [0.2, 0.25) is 0 Å². The zero-order chi connectivity index (χ0) is 29.9. The van der Waals surface area contributed by atoms with Gasteiger partial charge in [0.15, 0.2) is 11.6 Å². The largest absolute Gasteiger partial charge is 0.393 e. The van der Waals surface area contributed by atoms with Crippen molar-refractivity contribution in [1.82, 2.24) is 0 Å². The maximum Gasteiger partial charge on any atom is 0.317 e. The quantitative estimate of drug-likeness (QED) is 0.280. The molecule has 6 rings (SSSR count). The highest BCUT2D eigenvalue weighted by Gasteiger charge is 2.67. The van der Waals surface area contributed by atoms with Crippen LogP contribution in [0.3, 0.4) is 0 Å². The monoisotopic (exact) mass is 574 g/mol. The van der Waals surface area contributed by atoms with E-state index in [-0.39, 0.29) is 70.9 Å². The van der Waals surface area contributed by atoms with Gasteiger partial charge in [0.1, 0.15) is 0 Å². The molecule has 0 aromatic heterocycles. The van der Waals surface area contributed by atoms with E-state index in [1.54, 1.807) is 0 Å². The second-order valence-electron chi connectivity index (χ2n) is 16.4. The van der Waals surface area contributed by atoms with E-state index in [4.69, 9.17) is 23.7 Å². The van der Waals surface area contributed by atoms with Crippen molar-refractivity contribution in [1.29, 1.82) is 0 Å². The Hall–Kier alpha value is -1.02. The Kier molecular flexibility index (Phi) is 7.13. The molecule has 0 N–H and O–H groups in total. The first kappa shape index (κ1) is 30.0. The van der Waals surface area contributed by atoms with E-state index in [0.29, 0.717) is 30.1 Å². The average Bonchev–Trinajstić information content (AvgIpc) is 3.47. The second kappa shape index (κ2) is 9.74. The summed E-state index contributed by atoms with van der Waals surface area (Å²) < 4.78 is 31.5. The molecule has 3 aliphatic carbocycles. The molecule has 0 spiro atoms. The predicted molar refractivity (Wildman–Crippen MR) is 153 cm³/mol. The zero-order valence-electron chi connectivity index (χ0n) is 27.0. The van der Waals surface area contributed by atoms with Gasteiger partial charge in [-0.2, -0.15) is 0 Å². The van der Waals surface area contributed by atoms with E-state index < -0.39 is 11.6 Å². The lowest BCUT2D eigenvalue weighted by molar-refractivity contribution is -0.169. The Balaban J connectivity index is 1.29. The molecule has 7 heteroatoms. The first-order valence-corrected chi connectivity index (χ1v) is 16.4. The van der Waals surface area contributed by atoms with Crippen LogP contribution in [0, 0.1) is 58.2 Å². The van der Waals surface area contributed by atoms with Gasteiger partial charge in [0.05, 0.1) is 36.3 Å². The molecule has 13 atom stereocenters. The van der Waals surface area contributed by atoms with E-state index in [0.717, 1.165) is 32.1 Å². The topological polar surface area (TPSA) is 80.3 Å². The molecule has 0 aromatic carbocycles. The lowest BCUT2D eigenvalue weighted by Crippen LogP contribution is -2.55. The number of fused-ring (bicyclic) bond motifs is 6. The third kappa shape index (κ3) is 4.66. The van der Waals surface area contributed by atoms with Gasteiger partial charge in [-0.1, -0.05) is 41.5 Å². The first-order valence-electron chi connectivity index (χ1n) is 16.4. The van der Waals surface area contributed by atoms with Gasteiger partial charge in [0.25, 0.3) is 0 Å². The molecule has 6 fully saturated rings. The number of hydrogen-bond donors (Lipinski definition) is 0. The normalized spacial score (nSPS) is 49.9. The van der Waals surface area contributed by atoms with Crippen molar-refractivity contribution in [3.8, 4) is 0 Å². The summed E-state index contributed by atoms with van der Waals surface area (Å²) >= 11 is 0. The number of hydrogen-bond acceptors (Lipinski definition) is 7. The molecule has 3 saturated heterocycles. The van der Waals surface area contributed by atoms with Crippen LogP contribution in [0.15, 0.2) is 0 Å². The number of cyclic esters (lactones) is 2. The van der Waals surface area contributed by atoms with Crippen LogP contribution in [0.4, 0.5) is 0 Å². The molecule has 6 aliphatic rings. The van der Waals surface area contributed by atoms with Crippen LogP contribution in [-0.4, -0.2) is 47.9 Å². The van der Waals surface area contributed by atoms with E-state index in [1.807, 2.05) is 27.7 Å². The minimum atomic E-state index is -0.653. The highest BCUT2D eigenvalue weighted by Crippen LogP contribution is 2.67. The Labute approximate surface area is 247 Å². The maximum atomic E-state index is 13.9. The smallest absolute Gasteiger partial charge is 0.317 e. The van der Waals surface area contributed by atoms with Crippen molar-refractivity contribution in [3.05, 3.63) is 0 Å². The van der Waals surface area contributed by atoms with Gasteiger partial charge in [-0.3, -0.25) is 9.59 Å². The molecule has 7 nitrogen and oxygen atoms in total. The molecule has 0 amide bonds. The van der Waals surface area contributed by atoms with Gasteiger partial charge < -0.3 is 23.7 Å². The lowest BCUT2D eigenvalue weighted by atomic mass is 9.48. The van der Waals surface area contributed by atoms with Crippen molar-refractivity contribution in [2.45, 2.75) is 144 Å². The minimum absolute atomic E-state index is 0.0170. The molecule has 232 valence electrons. The molecule has 0 aromatic rings. The summed E-state index contributed by atoms with van der Waals surface area (Å²) in [6.07, 6.45) is 5.19. The van der Waals surface area contributed by atoms with Gasteiger partial charge in [0.2, 0.25) is 0 Å². The van der Waals surface area contributed by atoms with E-state index in [2.05, 4.69) is 41.5 Å². The first-order chi connectivity index (χ1) is 19.0. The van der Waals surface area contributed by atoms with Crippen molar-refractivity contribution in [3.63, 3.8) is 0 Å². The molecule has 3 saturated carbocycles. The number of ether oxygens (including phenoxy) is 5. The summed E-state index contributed by atoms with van der Waals surface area (Å²) in [5.74, 6) is -0.627. The second-order valence-corrected chi connectivity index (χ2v) is 16.4. The minimum Gasteiger partial charge on any atom is -0.393 e. The van der Waals surface area contributed by atoms with Crippen LogP contribution in [-0.2, 0) is 33.3 Å². The molecule has 41 heavy (non-hydrogen) atoms. The Morgan fingerprint density at radius 2 is 1.32 bits per heavy atom. The van der Waals surface area contributed by atoms with Gasteiger partial charge in [0, 0.05) is 0 Å². The SMILES string of the molecule is CC(C)[C@@H](C)[C@H]1OC(C)(C)O[C@@H]1[C@@H](C)[C@H]1CC[C@H]2[C@@H]3C(=O)OC(=O)[C@H]4C[C@@H]5OC(C)(C)O[C@@H]5C[C@]4(C)[C@H]3CC[C@]12C. The van der Waals surface area contributed by atoms with Crippen LogP contribution < -0.4 is 0 Å². The van der Waals surface area contributed by atoms with Crippen molar-refractivity contribution in [2.75, 3.05) is 0 Å². The van der Waals surface area contributed by atoms with Gasteiger partial charge >= 0.3 is 11.9 Å². The number of carbonyl (C=O) groups excluding carboxylic acids is 2. The van der Waals surface area contributed by atoms with Crippen molar-refractivity contribution < 1.29 is 33.3 Å². The van der Waals surface area contributed by atoms with Gasteiger partial charge in [-0.25, -0.2) is 0 Å². The van der Waals surface area contributed by atoms with Crippen molar-refractivity contribution >= 4 is 11.9 Å². The van der Waals surface area contributed by atoms with Crippen LogP contribution in [0.5, 0.6) is 0 Å². The Morgan fingerprint density at radius 3 is 2.00 bits per heavy atom. The fourth-order valence-electron chi connectivity index (χ4n) is 10.7. The highest BCUT2D eigenvalue weighted by atomic mass is 16.8. The molecule has 0 unspecified atom stereocenters. The summed E-state index contributed by atoms with van der Waals surface area (Å²) in [5, 5.41) is 0. The average molecular weight is 575 g/mol. The van der Waals surface area contributed by atoms with Crippen molar-refractivity contribution in [2.24, 2.45) is 58.2 Å². The highest BCUT2D eigenvalue weighted by molar-refractivity contribution is 5.90. The van der Waals surface area contributed by atoms with Crippen LogP contribution in [0.25, 0.3) is 0 Å². The standard InChI is InChI=1S/C34H54O7/c1-17(2)18(3)27-28(41-32(7,8)40-27)19(4)20-11-12-21-26-22(13-14-33(20,21)9)34(10)16-25-24(38-31(5,6)39-25)15-23(34)29(35)37-30(26)36/h17-28H,11-16H2,1-10H3/t18-,19+,20-,21+,22+,23-,24+,25-,26+,27-,28-,33-,34-/m1/s1. The molecule has 0 bridgehead atoms. The summed E-state index contributed by atoms with van der Waals surface area (Å²) in [6, 6.07) is 0. The van der Waals surface area contributed by atoms with Gasteiger partial charge in [-0.15, -0.1) is 0 Å². The predicted octanol–water partition coefficient (Wildman–Crippen LogP) is 6.51. The van der Waals surface area contributed by atoms with Crippen LogP contribution >= 0.6 is 0 Å².